The fraction of sp³-hybridized carbons (Fsp3) is 0.161. The van der Waals surface area contributed by atoms with Gasteiger partial charge in [-0.3, -0.25) is 4.79 Å². The highest BCUT2D eigenvalue weighted by Gasteiger charge is 2.26. The van der Waals surface area contributed by atoms with E-state index in [4.69, 9.17) is 16.0 Å². The highest BCUT2D eigenvalue weighted by atomic mass is 35.5. The first kappa shape index (κ1) is 28.8. The largest absolute Gasteiger partial charge is 0.460 e. The van der Waals surface area contributed by atoms with Gasteiger partial charge in [0.15, 0.2) is 0 Å². The number of anilines is 1. The number of nitriles is 1. The second kappa shape index (κ2) is 12.3. The molecule has 0 bridgehead atoms. The van der Waals surface area contributed by atoms with Gasteiger partial charge in [-0.2, -0.15) is 9.57 Å². The molecule has 1 amide bonds. The Morgan fingerprint density at radius 2 is 1.65 bits per heavy atom. The number of nitrogens with one attached hydrogen (secondary N) is 1. The Morgan fingerprint density at radius 1 is 0.950 bits per heavy atom. The van der Waals surface area contributed by atoms with E-state index in [-0.39, 0.29) is 29.3 Å². The van der Waals surface area contributed by atoms with E-state index in [1.807, 2.05) is 63.2 Å². The Morgan fingerprint density at radius 3 is 2.30 bits per heavy atom. The quantitative estimate of drug-likeness (QED) is 0.175. The first-order chi connectivity index (χ1) is 19.0. The van der Waals surface area contributed by atoms with E-state index in [0.717, 1.165) is 22.3 Å². The topological polar surface area (TPSA) is 103 Å². The summed E-state index contributed by atoms with van der Waals surface area (Å²) in [4.78, 5) is 12.8. The molecule has 0 radical (unpaired) electrons. The highest BCUT2D eigenvalue weighted by Crippen LogP contribution is 2.24. The number of hydrogen-bond donors (Lipinski definition) is 1. The molecule has 1 aromatic heterocycles. The minimum absolute atomic E-state index is 0.0661. The van der Waals surface area contributed by atoms with Gasteiger partial charge in [0.1, 0.15) is 23.2 Å². The fourth-order valence-corrected chi connectivity index (χ4v) is 5.44. The number of benzene rings is 3. The van der Waals surface area contributed by atoms with E-state index in [1.54, 1.807) is 18.2 Å². The lowest BCUT2D eigenvalue weighted by molar-refractivity contribution is -0.112. The average Bonchev–Trinajstić information content (AvgIpc) is 3.37. The van der Waals surface area contributed by atoms with Gasteiger partial charge >= 0.3 is 0 Å². The lowest BCUT2D eigenvalue weighted by Crippen LogP contribution is -2.30. The van der Waals surface area contributed by atoms with Crippen LogP contribution in [0.2, 0.25) is 5.02 Å². The number of furan rings is 1. The molecule has 0 fully saturated rings. The molecule has 4 rings (SSSR count). The van der Waals surface area contributed by atoms with Crippen LogP contribution in [-0.2, 0) is 27.9 Å². The zero-order valence-corrected chi connectivity index (χ0v) is 23.9. The molecule has 1 heterocycles. The van der Waals surface area contributed by atoms with Crippen molar-refractivity contribution in [1.29, 1.82) is 5.26 Å². The Kier molecular flexibility index (Phi) is 8.90. The molecule has 4 aromatic rings. The first-order valence-electron chi connectivity index (χ1n) is 12.5. The van der Waals surface area contributed by atoms with Crippen LogP contribution in [0, 0.1) is 32.1 Å². The van der Waals surface area contributed by atoms with Crippen molar-refractivity contribution in [3.63, 3.8) is 0 Å². The van der Waals surface area contributed by atoms with Crippen LogP contribution in [0.25, 0.3) is 6.08 Å². The van der Waals surface area contributed by atoms with Gasteiger partial charge in [0.05, 0.1) is 11.4 Å². The summed E-state index contributed by atoms with van der Waals surface area (Å²) in [6.07, 6.45) is 1.33. The van der Waals surface area contributed by atoms with E-state index in [1.165, 1.54) is 34.6 Å². The maximum Gasteiger partial charge on any atom is 0.266 e. The molecule has 3 aromatic carbocycles. The molecule has 7 nitrogen and oxygen atoms in total. The smallest absolute Gasteiger partial charge is 0.266 e. The molecule has 1 N–H and O–H groups in total. The molecule has 0 saturated heterocycles. The number of amides is 1. The van der Waals surface area contributed by atoms with E-state index < -0.39 is 15.9 Å². The van der Waals surface area contributed by atoms with Gasteiger partial charge in [0.2, 0.25) is 10.0 Å². The van der Waals surface area contributed by atoms with E-state index in [0.29, 0.717) is 16.5 Å². The Hall–Kier alpha value is -4.16. The summed E-state index contributed by atoms with van der Waals surface area (Å²) in [7, 11) is -3.91. The zero-order chi connectivity index (χ0) is 28.9. The van der Waals surface area contributed by atoms with Crippen LogP contribution in [0.1, 0.15) is 33.8 Å². The summed E-state index contributed by atoms with van der Waals surface area (Å²) in [5.41, 5.74) is 4.40. The van der Waals surface area contributed by atoms with Crippen molar-refractivity contribution in [2.75, 3.05) is 5.32 Å². The minimum Gasteiger partial charge on any atom is -0.460 e. The number of carbonyl (C=O) groups is 1. The molecule has 0 unspecified atom stereocenters. The Balaban J connectivity index is 1.57. The Bertz CT molecular complexity index is 1700. The predicted molar refractivity (Wildman–Crippen MR) is 156 cm³/mol. The molecule has 204 valence electrons. The maximum absolute atomic E-state index is 13.6. The number of halogens is 1. The van der Waals surface area contributed by atoms with E-state index in [2.05, 4.69) is 5.32 Å². The summed E-state index contributed by atoms with van der Waals surface area (Å²) in [5.74, 6) is 0.0266. The third-order valence-corrected chi connectivity index (χ3v) is 8.42. The van der Waals surface area contributed by atoms with Crippen molar-refractivity contribution < 1.29 is 17.6 Å². The lowest BCUT2D eigenvalue weighted by atomic mass is 10.1. The first-order valence-corrected chi connectivity index (χ1v) is 14.3. The van der Waals surface area contributed by atoms with Crippen molar-refractivity contribution in [2.24, 2.45) is 0 Å². The van der Waals surface area contributed by atoms with Gasteiger partial charge in [-0.1, -0.05) is 47.5 Å². The summed E-state index contributed by atoms with van der Waals surface area (Å²) < 4.78 is 34.3. The number of hydrogen-bond acceptors (Lipinski definition) is 5. The number of nitrogens with zero attached hydrogens (tertiary/aromatic N) is 2. The summed E-state index contributed by atoms with van der Waals surface area (Å²) in [6.45, 7) is 5.91. The van der Waals surface area contributed by atoms with Crippen LogP contribution in [-0.4, -0.2) is 18.6 Å². The van der Waals surface area contributed by atoms with E-state index in [9.17, 15) is 18.5 Å². The number of aryl methyl sites for hydroxylation is 3. The monoisotopic (exact) mass is 573 g/mol. The van der Waals surface area contributed by atoms with Gasteiger partial charge in [-0.05, 0) is 86.0 Å². The summed E-state index contributed by atoms with van der Waals surface area (Å²) >= 11 is 5.97. The predicted octanol–water partition coefficient (Wildman–Crippen LogP) is 6.80. The van der Waals surface area contributed by atoms with Crippen LogP contribution >= 0.6 is 11.6 Å². The number of rotatable bonds is 9. The normalized spacial score (nSPS) is 11.8. The third-order valence-electron chi connectivity index (χ3n) is 6.36. The SMILES string of the molecule is Cc1ccc(CN(Cc2ccc(/C=C(/C#N)C(=O)Nc3ccc(C)c(C)c3)o2)S(=O)(=O)c2ccc(Cl)cc2)cc1. The van der Waals surface area contributed by atoms with Crippen molar-refractivity contribution in [3.05, 3.63) is 123 Å². The van der Waals surface area contributed by atoms with Crippen LogP contribution < -0.4 is 5.32 Å². The van der Waals surface area contributed by atoms with Gasteiger partial charge in [-0.15, -0.1) is 0 Å². The standard InChI is InChI=1S/C31H28ClN3O4S/c1-21-4-7-24(8-5-21)19-35(40(37,38)30-14-9-26(32)10-15-30)20-29-13-12-28(39-29)17-25(18-33)31(36)34-27-11-6-22(2)23(3)16-27/h4-17H,19-20H2,1-3H3,(H,34,36)/b25-17-. The van der Waals surface area contributed by atoms with Gasteiger partial charge in [0, 0.05) is 23.3 Å². The van der Waals surface area contributed by atoms with Crippen LogP contribution in [0.15, 0.2) is 93.7 Å². The lowest BCUT2D eigenvalue weighted by Gasteiger charge is -2.21. The maximum atomic E-state index is 13.6. The molecule has 0 aliphatic heterocycles. The minimum atomic E-state index is -3.91. The molecule has 0 aliphatic rings. The second-order valence-electron chi connectivity index (χ2n) is 9.44. The van der Waals surface area contributed by atoms with E-state index >= 15 is 0 Å². The molecular formula is C31H28ClN3O4S. The average molecular weight is 574 g/mol. The molecule has 0 saturated carbocycles. The van der Waals surface area contributed by atoms with Crippen molar-refractivity contribution in [1.82, 2.24) is 4.31 Å². The summed E-state index contributed by atoms with van der Waals surface area (Å²) in [5, 5.41) is 12.8. The van der Waals surface area contributed by atoms with Gasteiger partial charge in [0.25, 0.3) is 5.91 Å². The molecule has 0 aliphatic carbocycles. The third kappa shape index (κ3) is 7.07. The van der Waals surface area contributed by atoms with Crippen LogP contribution in [0.5, 0.6) is 0 Å². The van der Waals surface area contributed by atoms with Gasteiger partial charge < -0.3 is 9.73 Å². The Labute approximate surface area is 239 Å². The van der Waals surface area contributed by atoms with Crippen molar-refractivity contribution >= 4 is 39.3 Å². The fourth-order valence-electron chi connectivity index (χ4n) is 3.92. The van der Waals surface area contributed by atoms with Crippen LogP contribution in [0.4, 0.5) is 5.69 Å². The molecule has 0 spiro atoms. The number of sulfonamides is 1. The summed E-state index contributed by atoms with van der Waals surface area (Å²) in [6, 6.07) is 24.2. The van der Waals surface area contributed by atoms with Crippen molar-refractivity contribution in [3.8, 4) is 6.07 Å². The molecule has 0 atom stereocenters. The highest BCUT2D eigenvalue weighted by molar-refractivity contribution is 7.89. The second-order valence-corrected chi connectivity index (χ2v) is 11.8. The molecular weight excluding hydrogens is 546 g/mol. The van der Waals surface area contributed by atoms with Crippen LogP contribution in [0.3, 0.4) is 0 Å². The van der Waals surface area contributed by atoms with Crippen molar-refractivity contribution in [2.45, 2.75) is 38.8 Å². The van der Waals surface area contributed by atoms with Gasteiger partial charge in [-0.25, -0.2) is 8.42 Å². The zero-order valence-electron chi connectivity index (χ0n) is 22.3. The number of carbonyl (C=O) groups excluding carboxylic acids is 1. The molecule has 9 heteroatoms. The molecule has 40 heavy (non-hydrogen) atoms.